The topological polar surface area (TPSA) is 90.9 Å². The van der Waals surface area contributed by atoms with Crippen LogP contribution in [0.25, 0.3) is 10.6 Å². The fourth-order valence-corrected chi connectivity index (χ4v) is 4.43. The molecule has 164 valence electrons. The number of methoxy groups -OCH3 is 3. The van der Waals surface area contributed by atoms with Crippen LogP contribution in [0, 0.1) is 6.92 Å². The summed E-state index contributed by atoms with van der Waals surface area (Å²) in [7, 11) is 4.73. The van der Waals surface area contributed by atoms with Crippen molar-refractivity contribution >= 4 is 28.1 Å². The second-order valence-electron chi connectivity index (χ2n) is 6.81. The van der Waals surface area contributed by atoms with Crippen LogP contribution in [0.3, 0.4) is 0 Å². The summed E-state index contributed by atoms with van der Waals surface area (Å²) >= 11 is 1.64. The molecule has 4 rings (SSSR count). The van der Waals surface area contributed by atoms with E-state index >= 15 is 0 Å². The summed E-state index contributed by atoms with van der Waals surface area (Å²) < 4.78 is 21.7. The Hall–Kier alpha value is -3.11. The van der Waals surface area contributed by atoms with Gasteiger partial charge in [0.2, 0.25) is 11.7 Å². The van der Waals surface area contributed by atoms with Crippen LogP contribution in [0.5, 0.6) is 17.2 Å². The standard InChI is InChI=1S/C21H25N5O4S/c1-13-19(31-21(23-13)26-7-9-30-10-8-26)15-5-6-22-20(25-15)24-14-11-16(27-2)18(29-4)17(12-14)28-3/h5-6,11-12H,7-10H2,1-4H3,(H,22,24,25). The van der Waals surface area contributed by atoms with Crippen LogP contribution in [-0.2, 0) is 4.74 Å². The van der Waals surface area contributed by atoms with Gasteiger partial charge in [-0.3, -0.25) is 0 Å². The maximum atomic E-state index is 5.44. The highest BCUT2D eigenvalue weighted by molar-refractivity contribution is 7.19. The van der Waals surface area contributed by atoms with Gasteiger partial charge >= 0.3 is 0 Å². The van der Waals surface area contributed by atoms with E-state index in [9.17, 15) is 0 Å². The predicted molar refractivity (Wildman–Crippen MR) is 120 cm³/mol. The Labute approximate surface area is 185 Å². The Balaban J connectivity index is 1.60. The lowest BCUT2D eigenvalue weighted by Gasteiger charge is -2.26. The van der Waals surface area contributed by atoms with Crippen molar-refractivity contribution < 1.29 is 18.9 Å². The first-order valence-electron chi connectivity index (χ1n) is 9.83. The number of hydrogen-bond donors (Lipinski definition) is 1. The minimum Gasteiger partial charge on any atom is -0.493 e. The molecule has 0 aliphatic carbocycles. The van der Waals surface area contributed by atoms with Gasteiger partial charge in [0.1, 0.15) is 0 Å². The number of thiazole rings is 1. The molecule has 0 saturated carbocycles. The predicted octanol–water partition coefficient (Wildman–Crippen LogP) is 3.51. The highest BCUT2D eigenvalue weighted by Gasteiger charge is 2.19. The van der Waals surface area contributed by atoms with Gasteiger partial charge in [0, 0.05) is 37.1 Å². The molecule has 1 aliphatic heterocycles. The van der Waals surface area contributed by atoms with E-state index in [4.69, 9.17) is 28.9 Å². The van der Waals surface area contributed by atoms with Gasteiger partial charge in [-0.2, -0.15) is 0 Å². The largest absolute Gasteiger partial charge is 0.493 e. The lowest BCUT2D eigenvalue weighted by molar-refractivity contribution is 0.122. The first-order chi connectivity index (χ1) is 15.1. The number of aromatic nitrogens is 3. The van der Waals surface area contributed by atoms with Crippen molar-refractivity contribution in [1.82, 2.24) is 15.0 Å². The summed E-state index contributed by atoms with van der Waals surface area (Å²) in [5.74, 6) is 2.09. The van der Waals surface area contributed by atoms with Gasteiger partial charge in [-0.05, 0) is 13.0 Å². The number of anilines is 3. The fraction of sp³-hybridized carbons (Fsp3) is 0.381. The van der Waals surface area contributed by atoms with Gasteiger partial charge in [-0.1, -0.05) is 11.3 Å². The molecule has 0 bridgehead atoms. The number of nitrogens with zero attached hydrogens (tertiary/aromatic N) is 4. The van der Waals surface area contributed by atoms with Crippen molar-refractivity contribution in [2.45, 2.75) is 6.92 Å². The number of hydrogen-bond acceptors (Lipinski definition) is 10. The minimum absolute atomic E-state index is 0.465. The molecule has 1 aromatic carbocycles. The van der Waals surface area contributed by atoms with Crippen molar-refractivity contribution in [2.75, 3.05) is 57.8 Å². The van der Waals surface area contributed by atoms with Crippen molar-refractivity contribution in [2.24, 2.45) is 0 Å². The highest BCUT2D eigenvalue weighted by Crippen LogP contribution is 2.40. The molecule has 3 heterocycles. The second kappa shape index (κ2) is 9.36. The minimum atomic E-state index is 0.465. The van der Waals surface area contributed by atoms with E-state index in [-0.39, 0.29) is 0 Å². The highest BCUT2D eigenvalue weighted by atomic mass is 32.1. The maximum absolute atomic E-state index is 5.44. The van der Waals surface area contributed by atoms with Crippen LogP contribution in [0.15, 0.2) is 24.4 Å². The SMILES string of the molecule is COc1cc(Nc2nccc(-c3sc(N4CCOCC4)nc3C)n2)cc(OC)c1OC. The zero-order chi connectivity index (χ0) is 21.8. The van der Waals surface area contributed by atoms with Gasteiger partial charge in [0.15, 0.2) is 16.6 Å². The summed E-state index contributed by atoms with van der Waals surface area (Å²) in [5, 5.41) is 4.22. The Bertz CT molecular complexity index is 1030. The second-order valence-corrected chi connectivity index (χ2v) is 7.79. The normalized spacial score (nSPS) is 13.7. The van der Waals surface area contributed by atoms with Crippen LogP contribution in [0.2, 0.25) is 0 Å². The van der Waals surface area contributed by atoms with E-state index < -0.39 is 0 Å². The van der Waals surface area contributed by atoms with E-state index in [2.05, 4.69) is 15.2 Å². The first-order valence-corrected chi connectivity index (χ1v) is 10.6. The molecule has 10 heteroatoms. The quantitative estimate of drug-likeness (QED) is 0.589. The molecule has 1 saturated heterocycles. The van der Waals surface area contributed by atoms with E-state index in [0.717, 1.165) is 53.4 Å². The van der Waals surface area contributed by atoms with Crippen LogP contribution in [0.1, 0.15) is 5.69 Å². The van der Waals surface area contributed by atoms with Gasteiger partial charge in [0.25, 0.3) is 0 Å². The number of rotatable bonds is 7. The van der Waals surface area contributed by atoms with E-state index in [1.165, 1.54) is 0 Å². The molecule has 9 nitrogen and oxygen atoms in total. The average molecular weight is 444 g/mol. The van der Waals surface area contributed by atoms with E-state index in [0.29, 0.717) is 23.2 Å². The smallest absolute Gasteiger partial charge is 0.227 e. The molecular formula is C21H25N5O4S. The number of nitrogens with one attached hydrogen (secondary N) is 1. The van der Waals surface area contributed by atoms with E-state index in [1.807, 2.05) is 25.1 Å². The Morgan fingerprint density at radius 2 is 1.74 bits per heavy atom. The summed E-state index contributed by atoms with van der Waals surface area (Å²) in [6, 6.07) is 5.52. The molecule has 0 unspecified atom stereocenters. The average Bonchev–Trinajstić information content (AvgIpc) is 3.20. The molecule has 0 amide bonds. The summed E-state index contributed by atoms with van der Waals surface area (Å²) in [4.78, 5) is 17.1. The Morgan fingerprint density at radius 1 is 1.03 bits per heavy atom. The maximum Gasteiger partial charge on any atom is 0.227 e. The molecule has 1 fully saturated rings. The van der Waals surface area contributed by atoms with Crippen LogP contribution >= 0.6 is 11.3 Å². The Morgan fingerprint density at radius 3 is 2.39 bits per heavy atom. The molecule has 0 spiro atoms. The third kappa shape index (κ3) is 4.49. The summed E-state index contributed by atoms with van der Waals surface area (Å²) in [6.45, 7) is 5.16. The summed E-state index contributed by atoms with van der Waals surface area (Å²) in [6.07, 6.45) is 1.73. The molecule has 2 aromatic heterocycles. The first kappa shape index (κ1) is 21.1. The van der Waals surface area contributed by atoms with Gasteiger partial charge in [-0.25, -0.2) is 15.0 Å². The molecule has 31 heavy (non-hydrogen) atoms. The third-order valence-corrected chi connectivity index (χ3v) is 6.12. The molecular weight excluding hydrogens is 418 g/mol. The summed E-state index contributed by atoms with van der Waals surface area (Å²) in [5.41, 5.74) is 2.49. The molecule has 0 radical (unpaired) electrons. The van der Waals surface area contributed by atoms with Gasteiger partial charge in [0.05, 0.1) is 50.8 Å². The number of benzene rings is 1. The van der Waals surface area contributed by atoms with Gasteiger partial charge < -0.3 is 29.2 Å². The van der Waals surface area contributed by atoms with Crippen LogP contribution < -0.4 is 24.4 Å². The number of ether oxygens (including phenoxy) is 4. The van der Waals surface area contributed by atoms with Crippen LogP contribution in [0.4, 0.5) is 16.8 Å². The monoisotopic (exact) mass is 443 g/mol. The molecule has 3 aromatic rings. The third-order valence-electron chi connectivity index (χ3n) is 4.88. The Kier molecular flexibility index (Phi) is 6.38. The van der Waals surface area contributed by atoms with Gasteiger partial charge in [-0.15, -0.1) is 0 Å². The van der Waals surface area contributed by atoms with Crippen LogP contribution in [-0.4, -0.2) is 62.6 Å². The lowest BCUT2D eigenvalue weighted by Crippen LogP contribution is -2.36. The van der Waals surface area contributed by atoms with Crippen molar-refractivity contribution in [3.05, 3.63) is 30.1 Å². The fourth-order valence-electron chi connectivity index (χ4n) is 3.34. The zero-order valence-electron chi connectivity index (χ0n) is 18.0. The molecule has 1 aliphatic rings. The zero-order valence-corrected chi connectivity index (χ0v) is 18.8. The number of aryl methyl sites for hydroxylation is 1. The molecule has 1 N–H and O–H groups in total. The lowest BCUT2D eigenvalue weighted by atomic mass is 10.2. The van der Waals surface area contributed by atoms with E-state index in [1.54, 1.807) is 38.9 Å². The van der Waals surface area contributed by atoms with Crippen molar-refractivity contribution in [3.63, 3.8) is 0 Å². The van der Waals surface area contributed by atoms with Crippen molar-refractivity contribution in [1.29, 1.82) is 0 Å². The number of morpholine rings is 1. The van der Waals surface area contributed by atoms with Crippen molar-refractivity contribution in [3.8, 4) is 27.8 Å². The molecule has 0 atom stereocenters.